The van der Waals surface area contributed by atoms with E-state index in [-0.39, 0.29) is 23.5 Å². The van der Waals surface area contributed by atoms with Gasteiger partial charge < -0.3 is 88.9 Å². The lowest BCUT2D eigenvalue weighted by molar-refractivity contribution is -0.144. The molecule has 2 aromatic carbocycles. The minimum absolute atomic E-state index is 0.0789. The molecule has 0 saturated heterocycles. The van der Waals surface area contributed by atoms with Gasteiger partial charge in [-0.15, -0.1) is 0 Å². The van der Waals surface area contributed by atoms with E-state index < -0.39 is 184 Å². The third kappa shape index (κ3) is 21.5. The summed E-state index contributed by atoms with van der Waals surface area (Å²) in [5.41, 5.74) is 6.64. The number of carboxylic acids is 5. The zero-order valence-corrected chi connectivity index (χ0v) is 38.0. The summed E-state index contributed by atoms with van der Waals surface area (Å²) in [6.07, 6.45) is -6.07. The lowest BCUT2D eigenvalue weighted by atomic mass is 10.0. The van der Waals surface area contributed by atoms with Crippen LogP contribution in [0.5, 0.6) is 11.5 Å². The standard InChI is InChI=1S/C43H56N8O21/c44-24(15-20-1-5-22(54)6-2-20)36(64)48-29(17-35(62)63)40(68)51-30(18-52)41(69)46-25(9-12-32(56)57)37(65)49-28(16-21-3-7-23(55)8-4-21)39(67)45-26(10-13-33(58)59)38(66)50-31(19-53)42(70)47-27(43(71)72)11-14-34(60)61/h1-8,24-31,52-55H,9-19,44H2,(H,45,67)(H,46,69)(H,47,70)(H,48,64)(H,49,65)(H,50,66)(H,51,68)(H,56,57)(H,58,59)(H,60,61)(H,62,63)(H,71,72)/t24-,25+,26+,27+,28-,29-,30-,31-/m0/s1. The second-order valence-corrected chi connectivity index (χ2v) is 15.9. The third-order valence-corrected chi connectivity index (χ3v) is 10.2. The number of benzene rings is 2. The van der Waals surface area contributed by atoms with Crippen molar-refractivity contribution < 1.29 is 103 Å². The highest BCUT2D eigenvalue weighted by Gasteiger charge is 2.35. The summed E-state index contributed by atoms with van der Waals surface area (Å²) in [6, 6.07) is -4.14. The van der Waals surface area contributed by atoms with E-state index in [2.05, 4.69) is 21.3 Å². The maximum absolute atomic E-state index is 14.0. The van der Waals surface area contributed by atoms with E-state index >= 15 is 0 Å². The Labute approximate surface area is 407 Å². The molecule has 0 aliphatic rings. The Bertz CT molecular complexity index is 2280. The van der Waals surface area contributed by atoms with Crippen molar-refractivity contribution in [3.05, 3.63) is 59.7 Å². The summed E-state index contributed by atoms with van der Waals surface area (Å²) < 4.78 is 0. The number of nitrogens with one attached hydrogen (secondary N) is 7. The van der Waals surface area contributed by atoms with Gasteiger partial charge in [0.1, 0.15) is 53.8 Å². The molecule has 29 nitrogen and oxygen atoms in total. The Morgan fingerprint density at radius 2 is 0.694 bits per heavy atom. The molecule has 2 rings (SSSR count). The normalized spacial score (nSPS) is 14.2. The van der Waals surface area contributed by atoms with E-state index in [1.807, 2.05) is 16.0 Å². The van der Waals surface area contributed by atoms with Crippen LogP contribution >= 0.6 is 0 Å². The molecule has 0 unspecified atom stereocenters. The van der Waals surface area contributed by atoms with Gasteiger partial charge in [0.2, 0.25) is 41.4 Å². The van der Waals surface area contributed by atoms with Crippen LogP contribution in [-0.2, 0) is 70.4 Å². The van der Waals surface area contributed by atoms with Crippen LogP contribution in [0, 0.1) is 0 Å². The molecule has 0 radical (unpaired) electrons. The maximum Gasteiger partial charge on any atom is 0.326 e. The molecule has 2 aromatic rings. The molecule has 0 spiro atoms. The summed E-state index contributed by atoms with van der Waals surface area (Å²) in [5.74, 6) is -16.9. The van der Waals surface area contributed by atoms with Gasteiger partial charge in [0, 0.05) is 25.7 Å². The summed E-state index contributed by atoms with van der Waals surface area (Å²) in [6.45, 7) is -2.42. The monoisotopic (exact) mass is 1020 g/mol. The highest BCUT2D eigenvalue weighted by Crippen LogP contribution is 2.14. The van der Waals surface area contributed by atoms with Crippen LogP contribution < -0.4 is 43.0 Å². The van der Waals surface area contributed by atoms with Gasteiger partial charge in [-0.25, -0.2) is 4.79 Å². The van der Waals surface area contributed by atoms with Gasteiger partial charge in [0.05, 0.1) is 25.7 Å². The molecule has 0 aliphatic carbocycles. The van der Waals surface area contributed by atoms with Gasteiger partial charge >= 0.3 is 29.8 Å². The predicted octanol–water partition coefficient (Wildman–Crippen LogP) is -5.26. The van der Waals surface area contributed by atoms with Crippen LogP contribution in [0.1, 0.15) is 56.1 Å². The number of aliphatic carboxylic acids is 5. The molecular formula is C43H56N8O21. The van der Waals surface area contributed by atoms with E-state index in [9.17, 15) is 98.4 Å². The van der Waals surface area contributed by atoms with Crippen molar-refractivity contribution in [1.29, 1.82) is 0 Å². The molecule has 0 aliphatic heterocycles. The predicted molar refractivity (Wildman–Crippen MR) is 240 cm³/mol. The number of aliphatic hydroxyl groups is 2. The van der Waals surface area contributed by atoms with Gasteiger partial charge in [-0.2, -0.15) is 0 Å². The number of rotatable bonds is 32. The Hall–Kier alpha value is -8.44. The number of nitrogens with two attached hydrogens (primary N) is 1. The molecule has 0 heterocycles. The van der Waals surface area contributed by atoms with Crippen molar-refractivity contribution in [1.82, 2.24) is 37.2 Å². The second kappa shape index (κ2) is 29.6. The highest BCUT2D eigenvalue weighted by molar-refractivity contribution is 5.98. The summed E-state index contributed by atoms with van der Waals surface area (Å²) in [5, 5.41) is 101. The number of aromatic hydroxyl groups is 2. The average molecular weight is 1020 g/mol. The number of carbonyl (C=O) groups excluding carboxylic acids is 7. The van der Waals surface area contributed by atoms with Crippen molar-refractivity contribution in [2.75, 3.05) is 13.2 Å². The molecule has 0 saturated carbocycles. The Balaban J connectivity index is 2.40. The number of carboxylic acid groups (broad SMARTS) is 5. The fraction of sp³-hybridized carbons (Fsp3) is 0.442. The number of phenolic OH excluding ortho intramolecular Hbond substituents is 2. The molecule has 0 fully saturated rings. The molecule has 72 heavy (non-hydrogen) atoms. The number of phenols is 2. The van der Waals surface area contributed by atoms with Crippen LogP contribution in [0.15, 0.2) is 48.5 Å². The van der Waals surface area contributed by atoms with Crippen LogP contribution in [0.4, 0.5) is 0 Å². The zero-order valence-electron chi connectivity index (χ0n) is 38.0. The SMILES string of the molecule is N[C@@H](Cc1ccc(O)cc1)C(=O)N[C@@H](CC(=O)O)C(=O)N[C@@H](CO)C(=O)N[C@H](CCC(=O)O)C(=O)N[C@@H](Cc1ccc(O)cc1)C(=O)N[C@H](CCC(=O)O)C(=O)N[C@@H](CO)C(=O)N[C@H](CCC(=O)O)C(=O)O. The lowest BCUT2D eigenvalue weighted by Crippen LogP contribution is -2.61. The Morgan fingerprint density at radius 1 is 0.389 bits per heavy atom. The first-order valence-corrected chi connectivity index (χ1v) is 21.6. The van der Waals surface area contributed by atoms with E-state index in [4.69, 9.17) is 10.8 Å². The summed E-state index contributed by atoms with van der Waals surface area (Å²) >= 11 is 0. The van der Waals surface area contributed by atoms with E-state index in [0.717, 1.165) is 0 Å². The number of hydrogen-bond donors (Lipinski definition) is 17. The molecule has 394 valence electrons. The average Bonchev–Trinajstić information content (AvgIpc) is 3.31. The molecule has 0 aromatic heterocycles. The van der Waals surface area contributed by atoms with Crippen molar-refractivity contribution in [3.63, 3.8) is 0 Å². The minimum atomic E-state index is -2.01. The van der Waals surface area contributed by atoms with Crippen LogP contribution in [-0.4, -0.2) is 179 Å². The third-order valence-electron chi connectivity index (χ3n) is 10.2. The summed E-state index contributed by atoms with van der Waals surface area (Å²) in [4.78, 5) is 152. The van der Waals surface area contributed by atoms with Crippen LogP contribution in [0.3, 0.4) is 0 Å². The van der Waals surface area contributed by atoms with E-state index in [1.54, 1.807) is 0 Å². The van der Waals surface area contributed by atoms with Crippen molar-refractivity contribution in [2.45, 2.75) is 106 Å². The molecular weight excluding hydrogens is 965 g/mol. The smallest absolute Gasteiger partial charge is 0.326 e. The van der Waals surface area contributed by atoms with E-state index in [1.165, 1.54) is 48.5 Å². The van der Waals surface area contributed by atoms with Crippen molar-refractivity contribution in [3.8, 4) is 11.5 Å². The first-order valence-electron chi connectivity index (χ1n) is 21.6. The number of aliphatic hydroxyl groups excluding tert-OH is 2. The van der Waals surface area contributed by atoms with Crippen molar-refractivity contribution in [2.24, 2.45) is 5.73 Å². The molecule has 18 N–H and O–H groups in total. The van der Waals surface area contributed by atoms with Gasteiger partial charge in [-0.3, -0.25) is 52.7 Å². The number of amides is 7. The van der Waals surface area contributed by atoms with Crippen molar-refractivity contribution >= 4 is 71.2 Å². The fourth-order valence-corrected chi connectivity index (χ4v) is 6.34. The number of hydrogen-bond acceptors (Lipinski definition) is 17. The van der Waals surface area contributed by atoms with E-state index in [0.29, 0.717) is 5.56 Å². The molecule has 8 atom stereocenters. The maximum atomic E-state index is 14.0. The van der Waals surface area contributed by atoms with Crippen LogP contribution in [0.25, 0.3) is 0 Å². The van der Waals surface area contributed by atoms with Gasteiger partial charge in [0.25, 0.3) is 0 Å². The Kier molecular flexibility index (Phi) is 24.5. The van der Waals surface area contributed by atoms with Gasteiger partial charge in [0.15, 0.2) is 0 Å². The number of carbonyl (C=O) groups is 12. The quantitative estimate of drug-likeness (QED) is 0.0326. The first kappa shape index (κ1) is 59.7. The molecule has 7 amide bonds. The molecule has 0 bridgehead atoms. The van der Waals surface area contributed by atoms with Gasteiger partial charge in [-0.05, 0) is 61.1 Å². The van der Waals surface area contributed by atoms with Gasteiger partial charge in [-0.1, -0.05) is 24.3 Å². The highest BCUT2D eigenvalue weighted by atomic mass is 16.4. The zero-order chi connectivity index (χ0) is 54.2. The largest absolute Gasteiger partial charge is 0.508 e. The fourth-order valence-electron chi connectivity index (χ4n) is 6.34. The minimum Gasteiger partial charge on any atom is -0.508 e. The topological polar surface area (TPSA) is 497 Å². The Morgan fingerprint density at radius 3 is 1.07 bits per heavy atom. The molecule has 29 heteroatoms. The second-order valence-electron chi connectivity index (χ2n) is 15.9. The first-order chi connectivity index (χ1) is 33.8. The lowest BCUT2D eigenvalue weighted by Gasteiger charge is -2.27. The summed E-state index contributed by atoms with van der Waals surface area (Å²) in [7, 11) is 0. The van der Waals surface area contributed by atoms with Crippen LogP contribution in [0.2, 0.25) is 0 Å².